The maximum absolute atomic E-state index is 12.3. The first kappa shape index (κ1) is 17.6. The second-order valence-electron chi connectivity index (χ2n) is 6.24. The van der Waals surface area contributed by atoms with E-state index in [1.54, 1.807) is 7.11 Å². The van der Waals surface area contributed by atoms with Crippen LogP contribution in [0.2, 0.25) is 0 Å². The molecule has 2 aromatic rings. The average Bonchev–Trinajstić information content (AvgIpc) is 2.64. The van der Waals surface area contributed by atoms with E-state index < -0.39 is 18.3 Å². The molecule has 0 bridgehead atoms. The van der Waals surface area contributed by atoms with Crippen LogP contribution in [-0.4, -0.2) is 41.9 Å². The summed E-state index contributed by atoms with van der Waals surface area (Å²) in [6.45, 7) is -0.216. The van der Waals surface area contributed by atoms with Gasteiger partial charge < -0.3 is 19.7 Å². The van der Waals surface area contributed by atoms with Crippen molar-refractivity contribution in [1.29, 1.82) is 0 Å². The summed E-state index contributed by atoms with van der Waals surface area (Å²) in [5.41, 5.74) is 2.87. The Hall–Kier alpha value is -2.21. The Morgan fingerprint density at radius 2 is 1.92 bits per heavy atom. The fraction of sp³-hybridized carbons (Fsp3) is 0.350. The second kappa shape index (κ2) is 7.78. The molecule has 2 unspecified atom stereocenters. The molecular weight excluding hydrogens is 320 g/mol. The third-order valence-corrected chi connectivity index (χ3v) is 4.43. The van der Waals surface area contributed by atoms with Crippen LogP contribution >= 0.6 is 0 Å². The van der Waals surface area contributed by atoms with E-state index in [-0.39, 0.29) is 18.8 Å². The molecule has 0 aromatic heterocycles. The first-order valence-corrected chi connectivity index (χ1v) is 8.30. The van der Waals surface area contributed by atoms with E-state index in [0.29, 0.717) is 12.0 Å². The molecule has 2 N–H and O–H groups in total. The summed E-state index contributed by atoms with van der Waals surface area (Å²) < 4.78 is 10.8. The number of Topliss-reactive ketones (excluding diaryl/α,β-unsaturated/α-hetero) is 1. The van der Waals surface area contributed by atoms with Crippen molar-refractivity contribution in [3.05, 3.63) is 65.2 Å². The summed E-state index contributed by atoms with van der Waals surface area (Å²) in [5, 5.41) is 19.2. The van der Waals surface area contributed by atoms with Crippen LogP contribution < -0.4 is 4.74 Å². The van der Waals surface area contributed by atoms with Crippen LogP contribution in [0.15, 0.2) is 48.5 Å². The molecule has 132 valence electrons. The molecule has 0 saturated carbocycles. The van der Waals surface area contributed by atoms with Crippen LogP contribution in [0, 0.1) is 0 Å². The third kappa shape index (κ3) is 4.07. The molecule has 0 radical (unpaired) electrons. The van der Waals surface area contributed by atoms with Gasteiger partial charge in [0.25, 0.3) is 0 Å². The fourth-order valence-corrected chi connectivity index (χ4v) is 3.06. The van der Waals surface area contributed by atoms with Crippen LogP contribution in [0.5, 0.6) is 5.75 Å². The monoisotopic (exact) mass is 342 g/mol. The molecule has 1 aliphatic heterocycles. The van der Waals surface area contributed by atoms with Gasteiger partial charge in [-0.25, -0.2) is 0 Å². The number of benzene rings is 2. The van der Waals surface area contributed by atoms with Gasteiger partial charge in [0, 0.05) is 6.42 Å². The van der Waals surface area contributed by atoms with E-state index in [2.05, 4.69) is 0 Å². The van der Waals surface area contributed by atoms with Gasteiger partial charge in [-0.15, -0.1) is 0 Å². The van der Waals surface area contributed by atoms with Gasteiger partial charge in [-0.2, -0.15) is 0 Å². The molecule has 25 heavy (non-hydrogen) atoms. The molecule has 1 saturated heterocycles. The Labute approximate surface area is 146 Å². The van der Waals surface area contributed by atoms with E-state index in [1.807, 2.05) is 48.5 Å². The standard InChI is InChI=1S/C20H22O5/c1-24-16-7-5-13(6-8-16)9-14-3-2-4-15(10-14)20-19(23)18(22)11-17(12-21)25-20/h2-8,10,17-18,20-22H,9,11-12H2,1H3/t17?,18?,20-/m0/s1. The van der Waals surface area contributed by atoms with Crippen molar-refractivity contribution in [3.8, 4) is 5.75 Å². The molecule has 2 aromatic carbocycles. The highest BCUT2D eigenvalue weighted by atomic mass is 16.5. The number of aliphatic hydroxyl groups excluding tert-OH is 2. The van der Waals surface area contributed by atoms with Crippen LogP contribution in [0.1, 0.15) is 29.2 Å². The lowest BCUT2D eigenvalue weighted by Gasteiger charge is -2.31. The lowest BCUT2D eigenvalue weighted by atomic mass is 9.93. The van der Waals surface area contributed by atoms with Crippen molar-refractivity contribution in [3.63, 3.8) is 0 Å². The SMILES string of the molecule is COc1ccc(Cc2cccc([C@@H]3OC(CO)CC(O)C3=O)c2)cc1. The zero-order valence-corrected chi connectivity index (χ0v) is 14.1. The fourth-order valence-electron chi connectivity index (χ4n) is 3.06. The Balaban J connectivity index is 1.79. The maximum atomic E-state index is 12.3. The van der Waals surface area contributed by atoms with E-state index in [9.17, 15) is 15.0 Å². The van der Waals surface area contributed by atoms with E-state index in [1.165, 1.54) is 0 Å². The minimum absolute atomic E-state index is 0.136. The number of carbonyl (C=O) groups excluding carboxylic acids is 1. The summed E-state index contributed by atoms with van der Waals surface area (Å²) in [7, 11) is 1.63. The topological polar surface area (TPSA) is 76.0 Å². The smallest absolute Gasteiger partial charge is 0.194 e. The van der Waals surface area contributed by atoms with Crippen molar-refractivity contribution < 1.29 is 24.5 Å². The molecule has 1 aliphatic rings. The van der Waals surface area contributed by atoms with Gasteiger partial charge in [0.1, 0.15) is 18.0 Å². The number of ketones is 1. The molecule has 0 aliphatic carbocycles. The van der Waals surface area contributed by atoms with Crippen LogP contribution in [-0.2, 0) is 16.0 Å². The lowest BCUT2D eigenvalue weighted by Crippen LogP contribution is -2.41. The van der Waals surface area contributed by atoms with E-state index >= 15 is 0 Å². The van der Waals surface area contributed by atoms with E-state index in [4.69, 9.17) is 9.47 Å². The van der Waals surface area contributed by atoms with Gasteiger partial charge in [-0.1, -0.05) is 36.4 Å². The predicted octanol–water partition coefficient (Wildman–Crippen LogP) is 2.04. The molecule has 1 heterocycles. The Kier molecular flexibility index (Phi) is 5.48. The number of hydrogen-bond donors (Lipinski definition) is 2. The molecule has 0 spiro atoms. The summed E-state index contributed by atoms with van der Waals surface area (Å²) in [6.07, 6.45) is -1.61. The molecule has 5 nitrogen and oxygen atoms in total. The van der Waals surface area contributed by atoms with Crippen LogP contribution in [0.3, 0.4) is 0 Å². The minimum atomic E-state index is -1.10. The summed E-state index contributed by atoms with van der Waals surface area (Å²) >= 11 is 0. The van der Waals surface area contributed by atoms with Crippen LogP contribution in [0.25, 0.3) is 0 Å². The van der Waals surface area contributed by atoms with Crippen molar-refractivity contribution in [2.24, 2.45) is 0 Å². The van der Waals surface area contributed by atoms with Crippen molar-refractivity contribution in [2.45, 2.75) is 31.2 Å². The van der Waals surface area contributed by atoms with Gasteiger partial charge in [-0.3, -0.25) is 4.79 Å². The minimum Gasteiger partial charge on any atom is -0.497 e. The average molecular weight is 342 g/mol. The molecular formula is C20H22O5. The van der Waals surface area contributed by atoms with Crippen LogP contribution in [0.4, 0.5) is 0 Å². The summed E-state index contributed by atoms with van der Waals surface area (Å²) in [6, 6.07) is 15.4. The zero-order chi connectivity index (χ0) is 17.8. The van der Waals surface area contributed by atoms with Crippen molar-refractivity contribution in [1.82, 2.24) is 0 Å². The van der Waals surface area contributed by atoms with Crippen molar-refractivity contribution >= 4 is 5.78 Å². The number of ether oxygens (including phenoxy) is 2. The van der Waals surface area contributed by atoms with Gasteiger partial charge in [0.05, 0.1) is 19.8 Å². The molecule has 5 heteroatoms. The highest BCUT2D eigenvalue weighted by Gasteiger charge is 2.36. The molecule has 1 fully saturated rings. The highest BCUT2D eigenvalue weighted by Crippen LogP contribution is 2.29. The number of carbonyl (C=O) groups is 1. The lowest BCUT2D eigenvalue weighted by molar-refractivity contribution is -0.161. The molecule has 3 atom stereocenters. The van der Waals surface area contributed by atoms with Gasteiger partial charge in [-0.05, 0) is 35.2 Å². The Morgan fingerprint density at radius 1 is 1.16 bits per heavy atom. The third-order valence-electron chi connectivity index (χ3n) is 4.43. The van der Waals surface area contributed by atoms with Crippen molar-refractivity contribution in [2.75, 3.05) is 13.7 Å². The number of methoxy groups -OCH3 is 1. The normalized spacial score (nSPS) is 23.5. The summed E-state index contributed by atoms with van der Waals surface area (Å²) in [5.74, 6) is 0.453. The molecule has 0 amide bonds. The first-order valence-electron chi connectivity index (χ1n) is 8.30. The number of aliphatic hydroxyl groups is 2. The first-order chi connectivity index (χ1) is 12.1. The Morgan fingerprint density at radius 3 is 2.60 bits per heavy atom. The summed E-state index contributed by atoms with van der Waals surface area (Å²) in [4.78, 5) is 12.3. The van der Waals surface area contributed by atoms with Gasteiger partial charge in [0.2, 0.25) is 0 Å². The largest absolute Gasteiger partial charge is 0.497 e. The number of rotatable bonds is 5. The quantitative estimate of drug-likeness (QED) is 0.870. The zero-order valence-electron chi connectivity index (χ0n) is 14.1. The predicted molar refractivity (Wildman–Crippen MR) is 92.6 cm³/mol. The Bertz CT molecular complexity index is 725. The van der Waals surface area contributed by atoms with E-state index in [0.717, 1.165) is 16.9 Å². The highest BCUT2D eigenvalue weighted by molar-refractivity contribution is 5.89. The maximum Gasteiger partial charge on any atom is 0.194 e. The van der Waals surface area contributed by atoms with Gasteiger partial charge in [0.15, 0.2) is 5.78 Å². The second-order valence-corrected chi connectivity index (χ2v) is 6.24. The van der Waals surface area contributed by atoms with Gasteiger partial charge >= 0.3 is 0 Å². The number of hydrogen-bond acceptors (Lipinski definition) is 5. The molecule has 3 rings (SSSR count).